The maximum atomic E-state index is 13.7. The summed E-state index contributed by atoms with van der Waals surface area (Å²) in [7, 11) is 0. The van der Waals surface area contributed by atoms with Gasteiger partial charge in [0.2, 0.25) is 0 Å². The normalized spacial score (nSPS) is 22.7. The van der Waals surface area contributed by atoms with Crippen molar-refractivity contribution in [3.05, 3.63) is 33.9 Å². The van der Waals surface area contributed by atoms with E-state index in [9.17, 15) is 4.39 Å². The van der Waals surface area contributed by atoms with Gasteiger partial charge in [-0.3, -0.25) is 0 Å². The Morgan fingerprint density at radius 1 is 1.06 bits per heavy atom. The molecule has 3 rings (SSSR count). The second-order valence-corrected chi connectivity index (χ2v) is 6.64. The smallest absolute Gasteiger partial charge is 0.108 e. The summed E-state index contributed by atoms with van der Waals surface area (Å²) in [6, 6.07) is 2.30. The molecule has 0 aromatic heterocycles. The second-order valence-electron chi connectivity index (χ2n) is 6.64. The minimum Gasteiger partial charge on any atom is -0.247 e. The van der Waals surface area contributed by atoms with Crippen molar-refractivity contribution in [3.8, 4) is 0 Å². The molecule has 17 heavy (non-hydrogen) atoms. The molecule has 0 saturated heterocycles. The molecule has 0 unspecified atom stereocenters. The molecule has 0 radical (unpaired) electrons. The molecule has 0 fully saturated rings. The molecular weight excluding hydrogens is 211 g/mol. The fraction of sp³-hybridized carbons (Fsp3) is 0.625. The zero-order valence-electron chi connectivity index (χ0n) is 11.1. The number of hydrogen-bond acceptors (Lipinski definition) is 0. The van der Waals surface area contributed by atoms with Gasteiger partial charge in [0.15, 0.2) is 0 Å². The van der Waals surface area contributed by atoms with Crippen LogP contribution in [0.3, 0.4) is 0 Å². The Hall–Kier alpha value is -0.850. The van der Waals surface area contributed by atoms with Gasteiger partial charge in [-0.15, -0.1) is 0 Å². The van der Waals surface area contributed by atoms with E-state index in [2.05, 4.69) is 26.8 Å². The Balaban J connectivity index is 2.25. The minimum atomic E-state index is -0.645. The number of alkyl halides is 1. The molecule has 92 valence electrons. The molecule has 0 bridgehead atoms. The first-order valence-electron chi connectivity index (χ1n) is 6.78. The summed E-state index contributed by atoms with van der Waals surface area (Å²) in [5, 5.41) is 0. The van der Waals surface area contributed by atoms with Gasteiger partial charge in [0.25, 0.3) is 0 Å². The Bertz CT molecular complexity index is 465. The van der Waals surface area contributed by atoms with Crippen LogP contribution in [0.15, 0.2) is 6.07 Å². The first-order valence-corrected chi connectivity index (χ1v) is 6.78. The van der Waals surface area contributed by atoms with Gasteiger partial charge in [0, 0.05) is 12.8 Å². The van der Waals surface area contributed by atoms with E-state index in [0.29, 0.717) is 12.8 Å². The summed E-state index contributed by atoms with van der Waals surface area (Å²) >= 11 is 0. The highest BCUT2D eigenvalue weighted by Crippen LogP contribution is 2.41. The van der Waals surface area contributed by atoms with E-state index >= 15 is 0 Å². The zero-order valence-corrected chi connectivity index (χ0v) is 11.1. The zero-order chi connectivity index (χ0) is 12.2. The number of hydrogen-bond donors (Lipinski definition) is 0. The summed E-state index contributed by atoms with van der Waals surface area (Å²) in [4.78, 5) is 0. The predicted molar refractivity (Wildman–Crippen MR) is 69.5 cm³/mol. The van der Waals surface area contributed by atoms with Gasteiger partial charge in [0.05, 0.1) is 0 Å². The fourth-order valence-corrected chi connectivity index (χ4v) is 3.70. The quantitative estimate of drug-likeness (QED) is 0.636. The van der Waals surface area contributed by atoms with Crippen LogP contribution in [0.4, 0.5) is 4.39 Å². The molecule has 0 spiro atoms. The summed E-state index contributed by atoms with van der Waals surface area (Å²) in [5.41, 5.74) is 7.31. The third kappa shape index (κ3) is 1.71. The maximum absolute atomic E-state index is 13.7. The van der Waals surface area contributed by atoms with Crippen molar-refractivity contribution in [1.29, 1.82) is 0 Å². The van der Waals surface area contributed by atoms with Gasteiger partial charge in [-0.05, 0) is 52.5 Å². The maximum Gasteiger partial charge on any atom is 0.108 e. The number of rotatable bonds is 0. The fourth-order valence-electron chi connectivity index (χ4n) is 3.70. The highest BCUT2D eigenvalue weighted by molar-refractivity contribution is 5.53. The van der Waals surface area contributed by atoms with Crippen molar-refractivity contribution in [3.63, 3.8) is 0 Å². The molecule has 2 aliphatic carbocycles. The Morgan fingerprint density at radius 3 is 2.53 bits per heavy atom. The number of halogens is 1. The molecule has 1 aromatic rings. The van der Waals surface area contributed by atoms with E-state index in [4.69, 9.17) is 0 Å². The van der Waals surface area contributed by atoms with E-state index in [1.54, 1.807) is 5.56 Å². The number of benzene rings is 1. The largest absolute Gasteiger partial charge is 0.247 e. The highest BCUT2D eigenvalue weighted by atomic mass is 19.1. The highest BCUT2D eigenvalue weighted by Gasteiger charge is 2.32. The standard InChI is InChI=1S/C16H21F/c1-16(2,3)15-13-6-4-5-10(13)7-11-8-12(17)9-14(11)15/h7,12H,4-6,8-9H2,1-3H3/t12-/m0/s1. The lowest BCUT2D eigenvalue weighted by Crippen LogP contribution is -2.18. The Morgan fingerprint density at radius 2 is 1.82 bits per heavy atom. The van der Waals surface area contributed by atoms with Crippen molar-refractivity contribution < 1.29 is 4.39 Å². The Kier molecular flexibility index (Phi) is 2.36. The lowest BCUT2D eigenvalue weighted by atomic mass is 9.78. The first kappa shape index (κ1) is 11.3. The molecule has 2 aliphatic rings. The van der Waals surface area contributed by atoms with Crippen LogP contribution >= 0.6 is 0 Å². The van der Waals surface area contributed by atoms with Crippen LogP contribution in [0.1, 0.15) is 55.0 Å². The summed E-state index contributed by atoms with van der Waals surface area (Å²) in [6.45, 7) is 6.81. The van der Waals surface area contributed by atoms with Gasteiger partial charge in [-0.25, -0.2) is 4.39 Å². The molecule has 1 heteroatoms. The van der Waals surface area contributed by atoms with Crippen LogP contribution in [0, 0.1) is 0 Å². The predicted octanol–water partition coefficient (Wildman–Crippen LogP) is 3.91. The van der Waals surface area contributed by atoms with Crippen molar-refractivity contribution in [2.75, 3.05) is 0 Å². The number of aryl methyl sites for hydroxylation is 1. The molecule has 0 amide bonds. The monoisotopic (exact) mass is 232 g/mol. The van der Waals surface area contributed by atoms with Gasteiger partial charge >= 0.3 is 0 Å². The molecular formula is C16H21F. The van der Waals surface area contributed by atoms with Gasteiger partial charge in [-0.2, -0.15) is 0 Å². The van der Waals surface area contributed by atoms with E-state index in [1.807, 2.05) is 0 Å². The lowest BCUT2D eigenvalue weighted by molar-refractivity contribution is 0.348. The van der Waals surface area contributed by atoms with Gasteiger partial charge < -0.3 is 0 Å². The minimum absolute atomic E-state index is 0.157. The van der Waals surface area contributed by atoms with Gasteiger partial charge in [-0.1, -0.05) is 26.8 Å². The van der Waals surface area contributed by atoms with Crippen molar-refractivity contribution in [1.82, 2.24) is 0 Å². The SMILES string of the molecule is CC(C)(C)c1c2c(cc3c1C[C@@H](F)C3)CCC2. The average Bonchev–Trinajstić information content (AvgIpc) is 2.75. The van der Waals surface area contributed by atoms with E-state index in [-0.39, 0.29) is 5.41 Å². The third-order valence-corrected chi connectivity index (χ3v) is 4.22. The molecule has 0 aliphatic heterocycles. The molecule has 0 N–H and O–H groups in total. The molecule has 0 heterocycles. The molecule has 1 atom stereocenters. The molecule has 1 aromatic carbocycles. The van der Waals surface area contributed by atoms with E-state index < -0.39 is 6.17 Å². The van der Waals surface area contributed by atoms with Crippen LogP contribution in [0.2, 0.25) is 0 Å². The average molecular weight is 232 g/mol. The third-order valence-electron chi connectivity index (χ3n) is 4.22. The van der Waals surface area contributed by atoms with Crippen LogP contribution in [-0.2, 0) is 31.1 Å². The number of fused-ring (bicyclic) bond motifs is 2. The second kappa shape index (κ2) is 3.57. The summed E-state index contributed by atoms with van der Waals surface area (Å²) in [5.74, 6) is 0. The van der Waals surface area contributed by atoms with Crippen molar-refractivity contribution >= 4 is 0 Å². The molecule has 0 saturated carbocycles. The summed E-state index contributed by atoms with van der Waals surface area (Å²) in [6.07, 6.45) is 4.32. The van der Waals surface area contributed by atoms with Gasteiger partial charge in [0.1, 0.15) is 6.17 Å². The van der Waals surface area contributed by atoms with E-state index in [1.165, 1.54) is 41.5 Å². The van der Waals surface area contributed by atoms with Crippen LogP contribution in [0.25, 0.3) is 0 Å². The molecule has 0 nitrogen and oxygen atoms in total. The first-order chi connectivity index (χ1) is 7.97. The van der Waals surface area contributed by atoms with Crippen LogP contribution < -0.4 is 0 Å². The van der Waals surface area contributed by atoms with E-state index in [0.717, 1.165) is 0 Å². The van der Waals surface area contributed by atoms with Crippen molar-refractivity contribution in [2.45, 2.75) is 64.5 Å². The topological polar surface area (TPSA) is 0 Å². The van der Waals surface area contributed by atoms with Crippen molar-refractivity contribution in [2.24, 2.45) is 0 Å². The van der Waals surface area contributed by atoms with Crippen LogP contribution in [0.5, 0.6) is 0 Å². The van der Waals surface area contributed by atoms with Crippen LogP contribution in [-0.4, -0.2) is 6.17 Å². The lowest BCUT2D eigenvalue weighted by Gasteiger charge is -2.26. The summed E-state index contributed by atoms with van der Waals surface area (Å²) < 4.78 is 13.7. The Labute approximate surface area is 103 Å².